The van der Waals surface area contributed by atoms with Gasteiger partial charge in [0.25, 0.3) is 0 Å². The summed E-state index contributed by atoms with van der Waals surface area (Å²) in [5, 5.41) is 22.6. The molecule has 8 nitrogen and oxygen atoms in total. The minimum atomic E-state index is -4.65. The molecule has 1 unspecified atom stereocenters. The van der Waals surface area contributed by atoms with Gasteiger partial charge in [-0.25, -0.2) is 4.68 Å². The Morgan fingerprint density at radius 3 is 2.62 bits per heavy atom. The summed E-state index contributed by atoms with van der Waals surface area (Å²) in [5.74, 6) is -1.75. The van der Waals surface area contributed by atoms with Gasteiger partial charge in [0.15, 0.2) is 0 Å². The van der Waals surface area contributed by atoms with Crippen molar-refractivity contribution in [1.29, 1.82) is 0 Å². The number of nitrogens with zero attached hydrogens (tertiary/aromatic N) is 4. The molecule has 0 bridgehead atoms. The molecule has 0 radical (unpaired) electrons. The minimum absolute atomic E-state index is 0.0635. The molecule has 2 aromatic rings. The zero-order chi connectivity index (χ0) is 18.1. The van der Waals surface area contributed by atoms with E-state index in [1.165, 1.54) is 31.6 Å². The number of hydrogen-bond donors (Lipinski definition) is 2. The summed E-state index contributed by atoms with van der Waals surface area (Å²) in [4.78, 5) is 12.0. The lowest BCUT2D eigenvalue weighted by molar-refractivity contribution is -0.155. The van der Waals surface area contributed by atoms with E-state index in [0.29, 0.717) is 5.69 Å². The van der Waals surface area contributed by atoms with Crippen LogP contribution in [0.4, 0.5) is 13.2 Å². The van der Waals surface area contributed by atoms with Gasteiger partial charge in [-0.15, -0.1) is 5.10 Å². The largest absolute Gasteiger partial charge is 0.452 e. The van der Waals surface area contributed by atoms with Crippen LogP contribution >= 0.6 is 0 Å². The van der Waals surface area contributed by atoms with Crippen molar-refractivity contribution in [3.8, 4) is 0 Å². The Labute approximate surface area is 134 Å². The van der Waals surface area contributed by atoms with Gasteiger partial charge in [0, 0.05) is 6.07 Å². The molecule has 0 spiro atoms. The van der Waals surface area contributed by atoms with E-state index in [1.807, 2.05) is 0 Å². The number of hydrogen-bond acceptors (Lipinski definition) is 6. The summed E-state index contributed by atoms with van der Waals surface area (Å²) in [7, 11) is 0. The molecule has 0 aromatic carbocycles. The zero-order valence-corrected chi connectivity index (χ0v) is 13.1. The zero-order valence-electron chi connectivity index (χ0n) is 13.1. The number of carbonyl (C=O) groups excluding carboxylic acids is 1. The second-order valence-corrected chi connectivity index (χ2v) is 5.76. The van der Waals surface area contributed by atoms with Crippen LogP contribution in [0.25, 0.3) is 0 Å². The first-order chi connectivity index (χ1) is 11.0. The molecule has 0 aliphatic carbocycles. The fraction of sp³-hybridized carbons (Fsp3) is 0.538. The molecule has 0 saturated heterocycles. The number of rotatable bonds is 5. The molecule has 11 heteroatoms. The smallest absolute Gasteiger partial charge is 0.387 e. The molecule has 24 heavy (non-hydrogen) atoms. The molecule has 132 valence electrons. The summed E-state index contributed by atoms with van der Waals surface area (Å²) < 4.78 is 43.1. The highest BCUT2D eigenvalue weighted by molar-refractivity contribution is 5.76. The monoisotopic (exact) mass is 347 g/mol. The Balaban J connectivity index is 2.04. The molecule has 2 heterocycles. The maximum atomic E-state index is 12.5. The van der Waals surface area contributed by atoms with Crippen LogP contribution in [0.1, 0.15) is 44.0 Å². The molecule has 0 saturated carbocycles. The number of nitrogens with one attached hydrogen (secondary N) is 1. The van der Waals surface area contributed by atoms with Crippen LogP contribution in [-0.4, -0.2) is 31.2 Å². The van der Waals surface area contributed by atoms with E-state index in [4.69, 9.17) is 0 Å². The van der Waals surface area contributed by atoms with Gasteiger partial charge >= 0.3 is 6.18 Å². The van der Waals surface area contributed by atoms with E-state index < -0.39 is 29.5 Å². The van der Waals surface area contributed by atoms with Gasteiger partial charge in [0.05, 0.1) is 17.8 Å². The highest BCUT2D eigenvalue weighted by Crippen LogP contribution is 2.31. The molecule has 1 amide bonds. The van der Waals surface area contributed by atoms with E-state index in [2.05, 4.69) is 25.3 Å². The van der Waals surface area contributed by atoms with Crippen molar-refractivity contribution in [2.75, 3.05) is 0 Å². The number of aliphatic hydroxyl groups excluding tert-OH is 1. The van der Waals surface area contributed by atoms with Gasteiger partial charge in [0.1, 0.15) is 17.9 Å². The summed E-state index contributed by atoms with van der Waals surface area (Å²) >= 11 is 0. The van der Waals surface area contributed by atoms with Crippen molar-refractivity contribution < 1.29 is 27.6 Å². The van der Waals surface area contributed by atoms with Crippen molar-refractivity contribution in [3.63, 3.8) is 0 Å². The predicted molar refractivity (Wildman–Crippen MR) is 73.3 cm³/mol. The number of aliphatic hydroxyl groups is 1. The van der Waals surface area contributed by atoms with Crippen LogP contribution in [-0.2, 0) is 23.1 Å². The number of aromatic nitrogens is 4. The predicted octanol–water partition coefficient (Wildman–Crippen LogP) is 1.39. The molecule has 0 aliphatic rings. The normalized spacial score (nSPS) is 13.8. The minimum Gasteiger partial charge on any atom is -0.387 e. The van der Waals surface area contributed by atoms with Gasteiger partial charge in [-0.1, -0.05) is 10.4 Å². The first-order valence-corrected chi connectivity index (χ1v) is 6.92. The summed E-state index contributed by atoms with van der Waals surface area (Å²) in [6, 6.07) is 0.737. The molecule has 0 fully saturated rings. The van der Waals surface area contributed by atoms with Crippen molar-refractivity contribution in [3.05, 3.63) is 29.4 Å². The maximum absolute atomic E-state index is 12.5. The molecule has 2 rings (SSSR count). The molecular weight excluding hydrogens is 331 g/mol. The van der Waals surface area contributed by atoms with Gasteiger partial charge < -0.3 is 14.9 Å². The lowest BCUT2D eigenvalue weighted by Crippen LogP contribution is -2.42. The van der Waals surface area contributed by atoms with Crippen LogP contribution in [0.15, 0.2) is 16.8 Å². The molecule has 2 aromatic heterocycles. The topological polar surface area (TPSA) is 106 Å². The molecule has 0 aliphatic heterocycles. The molecular formula is C13H16F3N5O3. The van der Waals surface area contributed by atoms with E-state index in [1.54, 1.807) is 0 Å². The summed E-state index contributed by atoms with van der Waals surface area (Å²) in [6.07, 6.45) is -4.08. The van der Waals surface area contributed by atoms with Crippen LogP contribution in [0, 0.1) is 0 Å². The Morgan fingerprint density at radius 2 is 2.12 bits per heavy atom. The van der Waals surface area contributed by atoms with Crippen molar-refractivity contribution in [1.82, 2.24) is 25.5 Å². The fourth-order valence-electron chi connectivity index (χ4n) is 1.88. The van der Waals surface area contributed by atoms with E-state index in [0.717, 1.165) is 6.07 Å². The SMILES string of the molecule is CC(O)c1cn(CC(=O)NC(C)(C)c2cc(C(F)(F)F)on2)nn1. The first kappa shape index (κ1) is 17.9. The lowest BCUT2D eigenvalue weighted by Gasteiger charge is -2.23. The second-order valence-electron chi connectivity index (χ2n) is 5.76. The molecule has 1 atom stereocenters. The third-order valence-corrected chi connectivity index (χ3v) is 3.17. The number of amides is 1. The fourth-order valence-corrected chi connectivity index (χ4v) is 1.88. The standard InChI is InChI=1S/C13H16F3N5O3/c1-7(22)8-5-21(20-18-8)6-11(23)17-12(2,3)9-4-10(24-19-9)13(14,15)16/h4-5,7,22H,6H2,1-3H3,(H,17,23). The van der Waals surface area contributed by atoms with Crippen molar-refractivity contribution >= 4 is 5.91 Å². The molecule has 2 N–H and O–H groups in total. The van der Waals surface area contributed by atoms with E-state index in [-0.39, 0.29) is 12.2 Å². The maximum Gasteiger partial charge on any atom is 0.452 e. The van der Waals surface area contributed by atoms with E-state index in [9.17, 15) is 23.1 Å². The first-order valence-electron chi connectivity index (χ1n) is 6.92. The highest BCUT2D eigenvalue weighted by atomic mass is 19.4. The van der Waals surface area contributed by atoms with Gasteiger partial charge in [0.2, 0.25) is 11.7 Å². The number of carbonyl (C=O) groups is 1. The summed E-state index contributed by atoms with van der Waals surface area (Å²) in [6.45, 7) is 4.27. The average Bonchev–Trinajstić information content (AvgIpc) is 3.05. The Bertz CT molecular complexity index is 721. The number of halogens is 3. The van der Waals surface area contributed by atoms with Crippen molar-refractivity contribution in [2.45, 2.75) is 45.1 Å². The third-order valence-electron chi connectivity index (χ3n) is 3.17. The van der Waals surface area contributed by atoms with Crippen LogP contribution in [0.5, 0.6) is 0 Å². The Morgan fingerprint density at radius 1 is 1.46 bits per heavy atom. The van der Waals surface area contributed by atoms with Gasteiger partial charge in [-0.3, -0.25) is 4.79 Å². The Hall–Kier alpha value is -2.43. The highest BCUT2D eigenvalue weighted by Gasteiger charge is 2.38. The van der Waals surface area contributed by atoms with Crippen LogP contribution < -0.4 is 5.32 Å². The van der Waals surface area contributed by atoms with Crippen LogP contribution in [0.2, 0.25) is 0 Å². The van der Waals surface area contributed by atoms with Crippen LogP contribution in [0.3, 0.4) is 0 Å². The van der Waals surface area contributed by atoms with E-state index >= 15 is 0 Å². The average molecular weight is 347 g/mol. The lowest BCUT2D eigenvalue weighted by atomic mass is 10.0. The summed E-state index contributed by atoms with van der Waals surface area (Å²) in [5.41, 5.74) is -0.947. The van der Waals surface area contributed by atoms with Gasteiger partial charge in [-0.05, 0) is 20.8 Å². The Kier molecular flexibility index (Phi) is 4.65. The van der Waals surface area contributed by atoms with Gasteiger partial charge in [-0.2, -0.15) is 13.2 Å². The third kappa shape index (κ3) is 4.10. The number of alkyl halides is 3. The van der Waals surface area contributed by atoms with Crippen molar-refractivity contribution in [2.24, 2.45) is 0 Å². The quantitative estimate of drug-likeness (QED) is 0.847. The second kappa shape index (κ2) is 6.23.